The first-order valence-corrected chi connectivity index (χ1v) is 26.5. The van der Waals surface area contributed by atoms with Crippen LogP contribution in [0.25, 0.3) is 0 Å². The molecular weight excluding hydrogens is 491 g/mol. The zero-order valence-electron chi connectivity index (χ0n) is 22.4. The van der Waals surface area contributed by atoms with Gasteiger partial charge in [0.25, 0.3) is 0 Å². The Balaban J connectivity index is 6.19. The van der Waals surface area contributed by atoms with Gasteiger partial charge in [0.2, 0.25) is 0 Å². The molecule has 29 heavy (non-hydrogen) atoms. The normalized spacial score (nSPS) is 15.7. The van der Waals surface area contributed by atoms with Gasteiger partial charge in [0.1, 0.15) is 0 Å². The van der Waals surface area contributed by atoms with E-state index in [1.807, 2.05) is 3.21 Å². The molecule has 0 saturated carbocycles. The number of rotatable bonds is 14. The second-order valence-corrected chi connectivity index (χ2v) is 36.4. The summed E-state index contributed by atoms with van der Waals surface area (Å²) in [5.74, 6) is 0. The van der Waals surface area contributed by atoms with Crippen LogP contribution in [0.4, 0.5) is 0 Å². The molecule has 4 heteroatoms. The van der Waals surface area contributed by atoms with E-state index in [4.69, 9.17) is 4.43 Å². The van der Waals surface area contributed by atoms with E-state index in [2.05, 4.69) is 87.3 Å². The van der Waals surface area contributed by atoms with Gasteiger partial charge in [-0.3, -0.25) is 0 Å². The number of hydrogen-bond donors (Lipinski definition) is 0. The fourth-order valence-corrected chi connectivity index (χ4v) is 39.2. The van der Waals surface area contributed by atoms with Gasteiger partial charge in [-0.1, -0.05) is 0 Å². The summed E-state index contributed by atoms with van der Waals surface area (Å²) in [6, 6.07) is 0. The molecule has 1 unspecified atom stereocenters. The minimum absolute atomic E-state index is 0.276. The van der Waals surface area contributed by atoms with Crippen LogP contribution in [0.5, 0.6) is 0 Å². The molecule has 0 aromatic heterocycles. The third kappa shape index (κ3) is 9.95. The van der Waals surface area contributed by atoms with Gasteiger partial charge >= 0.3 is 193 Å². The van der Waals surface area contributed by atoms with Gasteiger partial charge in [-0.05, 0) is 0 Å². The van der Waals surface area contributed by atoms with E-state index in [0.29, 0.717) is 0 Å². The Hall–Kier alpha value is 0.932. The molecule has 0 rings (SSSR count). The van der Waals surface area contributed by atoms with Gasteiger partial charge in [-0.25, -0.2) is 0 Å². The van der Waals surface area contributed by atoms with Crippen LogP contribution in [0, 0.1) is 0 Å². The first-order valence-electron chi connectivity index (χ1n) is 12.6. The summed E-state index contributed by atoms with van der Waals surface area (Å²) in [6.45, 7) is 29.3. The molecule has 0 aliphatic rings. The SMILES string of the molecule is CCC[CH2][Sn]([CH2]CCC)([CH2]CCC)/[C](=C\C(C)O[Si](C)(C)C(C)(C)C)[Si](C)(C)C. The van der Waals surface area contributed by atoms with Gasteiger partial charge in [-0.2, -0.15) is 0 Å². The first-order chi connectivity index (χ1) is 13.2. The third-order valence-corrected chi connectivity index (χ3v) is 38.4. The Morgan fingerprint density at radius 3 is 1.48 bits per heavy atom. The zero-order valence-corrected chi connectivity index (χ0v) is 27.3. The maximum atomic E-state index is 6.85. The maximum absolute atomic E-state index is 6.85. The van der Waals surface area contributed by atoms with Crippen molar-refractivity contribution in [3.8, 4) is 0 Å². The molecule has 1 atom stereocenters. The van der Waals surface area contributed by atoms with Crippen molar-refractivity contribution in [1.29, 1.82) is 0 Å². The van der Waals surface area contributed by atoms with Crippen molar-refractivity contribution in [2.45, 2.75) is 144 Å². The van der Waals surface area contributed by atoms with Crippen molar-refractivity contribution in [2.75, 3.05) is 0 Å². The monoisotopic (exact) mass is 548 g/mol. The predicted octanol–water partition coefficient (Wildman–Crippen LogP) is 9.59. The van der Waals surface area contributed by atoms with Gasteiger partial charge in [0, 0.05) is 0 Å². The molecule has 0 heterocycles. The average Bonchev–Trinajstić information content (AvgIpc) is 2.57. The van der Waals surface area contributed by atoms with E-state index in [9.17, 15) is 0 Å². The van der Waals surface area contributed by atoms with Crippen LogP contribution in [0.2, 0.25) is 51.1 Å². The molecule has 0 radical (unpaired) electrons. The van der Waals surface area contributed by atoms with Crippen molar-refractivity contribution in [3.05, 3.63) is 9.29 Å². The Morgan fingerprint density at radius 1 is 0.828 bits per heavy atom. The number of hydrogen-bond acceptors (Lipinski definition) is 1. The van der Waals surface area contributed by atoms with E-state index in [0.717, 1.165) is 0 Å². The molecule has 174 valence electrons. The molecule has 0 fully saturated rings. The summed E-state index contributed by atoms with van der Waals surface area (Å²) in [7, 11) is -3.10. The average molecular weight is 548 g/mol. The van der Waals surface area contributed by atoms with Gasteiger partial charge < -0.3 is 0 Å². The van der Waals surface area contributed by atoms with Crippen LogP contribution in [0.3, 0.4) is 0 Å². The van der Waals surface area contributed by atoms with Crippen LogP contribution in [-0.4, -0.2) is 40.9 Å². The van der Waals surface area contributed by atoms with Crippen LogP contribution < -0.4 is 0 Å². The topological polar surface area (TPSA) is 9.23 Å². The summed E-state index contributed by atoms with van der Waals surface area (Å²) in [4.78, 5) is 0. The van der Waals surface area contributed by atoms with E-state index in [1.165, 1.54) is 38.5 Å². The van der Waals surface area contributed by atoms with Crippen LogP contribution >= 0.6 is 0 Å². The Labute approximate surface area is 191 Å². The van der Waals surface area contributed by atoms with Crippen molar-refractivity contribution < 1.29 is 4.43 Å². The second kappa shape index (κ2) is 12.8. The van der Waals surface area contributed by atoms with Crippen LogP contribution in [0.15, 0.2) is 9.29 Å². The van der Waals surface area contributed by atoms with Crippen molar-refractivity contribution in [2.24, 2.45) is 0 Å². The molecule has 0 spiro atoms. The number of unbranched alkanes of at least 4 members (excludes halogenated alkanes) is 3. The minimum atomic E-state index is -2.40. The summed E-state index contributed by atoms with van der Waals surface area (Å²) >= 11 is -2.40. The predicted molar refractivity (Wildman–Crippen MR) is 144 cm³/mol. The summed E-state index contributed by atoms with van der Waals surface area (Å²) in [6.07, 6.45) is 11.4. The van der Waals surface area contributed by atoms with E-state index in [-0.39, 0.29) is 11.1 Å². The quantitative estimate of drug-likeness (QED) is 0.197. The van der Waals surface area contributed by atoms with Gasteiger partial charge in [-0.15, -0.1) is 0 Å². The Kier molecular flexibility index (Phi) is 13.3. The van der Waals surface area contributed by atoms with E-state index in [1.54, 1.807) is 13.3 Å². The van der Waals surface area contributed by atoms with Crippen molar-refractivity contribution >= 4 is 34.8 Å². The molecule has 0 saturated heterocycles. The van der Waals surface area contributed by atoms with Crippen molar-refractivity contribution in [3.63, 3.8) is 0 Å². The zero-order chi connectivity index (χ0) is 22.9. The Bertz CT molecular complexity index is 464. The molecule has 0 bridgehead atoms. The first kappa shape index (κ1) is 29.9. The fraction of sp³-hybridized carbons (Fsp3) is 0.920. The van der Waals surface area contributed by atoms with E-state index < -0.39 is 34.8 Å². The molecule has 0 aromatic carbocycles. The fourth-order valence-electron chi connectivity index (χ4n) is 4.46. The van der Waals surface area contributed by atoms with Crippen molar-refractivity contribution in [1.82, 2.24) is 0 Å². The molecule has 0 N–H and O–H groups in total. The summed E-state index contributed by atoms with van der Waals surface area (Å²) < 4.78 is 13.6. The van der Waals surface area contributed by atoms with Gasteiger partial charge in [0.15, 0.2) is 0 Å². The third-order valence-electron chi connectivity index (χ3n) is 7.09. The summed E-state index contributed by atoms with van der Waals surface area (Å²) in [5.41, 5.74) is 0. The Morgan fingerprint density at radius 2 is 1.21 bits per heavy atom. The molecule has 1 nitrogen and oxygen atoms in total. The molecule has 0 aromatic rings. The molecule has 0 aliphatic carbocycles. The van der Waals surface area contributed by atoms with Crippen LogP contribution in [-0.2, 0) is 4.43 Å². The molecule has 0 aliphatic heterocycles. The van der Waals surface area contributed by atoms with Gasteiger partial charge in [0.05, 0.1) is 0 Å². The molecule has 0 amide bonds. The standard InChI is InChI=1S/C13H29OSi2.3C4H9.Sn/c1-12(10-11-15(5,6)7)14-16(8,9)13(2,3)4;3*1-3-4-2;/h10,12H,1-9H3;3*1,3-4H2,2H3;. The van der Waals surface area contributed by atoms with Crippen LogP contribution in [0.1, 0.15) is 87.0 Å². The second-order valence-electron chi connectivity index (χ2n) is 12.0. The molecular formula is C25H56OSi2Sn. The summed E-state index contributed by atoms with van der Waals surface area (Å²) in [5, 5.41) is 0.279. The van der Waals surface area contributed by atoms with E-state index >= 15 is 0 Å².